The number of aromatic nitrogens is 3. The van der Waals surface area contributed by atoms with Crippen molar-refractivity contribution in [2.45, 2.75) is 25.7 Å². The maximum Gasteiger partial charge on any atom is 3.00 e. The Morgan fingerprint density at radius 2 is 0.800 bits per heavy atom. The van der Waals surface area contributed by atoms with E-state index in [9.17, 15) is 0 Å². The summed E-state index contributed by atoms with van der Waals surface area (Å²) in [5, 5.41) is 1.13. The Bertz CT molecular complexity index is 3740. The zero-order chi connectivity index (χ0) is 49.5. The summed E-state index contributed by atoms with van der Waals surface area (Å²) in [6, 6.07) is 97.2. The number of hydrogen-bond donors (Lipinski definition) is 0. The van der Waals surface area contributed by atoms with Crippen molar-refractivity contribution in [3.8, 4) is 89.4 Å². The molecule has 0 amide bonds. The fourth-order valence-corrected chi connectivity index (χ4v) is 10.1. The van der Waals surface area contributed by atoms with E-state index in [1.54, 1.807) is 0 Å². The second-order valence-electron chi connectivity index (χ2n) is 18.8. The summed E-state index contributed by atoms with van der Waals surface area (Å²) < 4.78 is 0. The second kappa shape index (κ2) is 22.6. The Balaban J connectivity index is 0.00000602. The molecule has 0 aliphatic rings. The molecule has 0 aliphatic carbocycles. The van der Waals surface area contributed by atoms with E-state index in [-0.39, 0.29) is 20.1 Å². The summed E-state index contributed by atoms with van der Waals surface area (Å²) in [5.41, 5.74) is 23.3. The first-order valence-corrected chi connectivity index (χ1v) is 25.4. The van der Waals surface area contributed by atoms with Crippen LogP contribution in [-0.4, -0.2) is 15.0 Å². The normalized spacial score (nSPS) is 11.0. The maximum atomic E-state index is 5.28. The molecule has 3 heterocycles. The van der Waals surface area contributed by atoms with Gasteiger partial charge in [-0.3, -0.25) is 4.98 Å². The van der Waals surface area contributed by atoms with Crippen molar-refractivity contribution in [1.29, 1.82) is 0 Å². The number of hydrogen-bond acceptors (Lipinski definition) is 3. The van der Waals surface area contributed by atoms with Crippen LogP contribution in [0.25, 0.3) is 100 Å². The van der Waals surface area contributed by atoms with Crippen LogP contribution in [0.3, 0.4) is 0 Å². The molecule has 0 saturated carbocycles. The van der Waals surface area contributed by atoms with Crippen LogP contribution in [0.4, 0.5) is 0 Å². The molecule has 3 nitrogen and oxygen atoms in total. The van der Waals surface area contributed by atoms with Gasteiger partial charge in [-0.2, -0.15) is 0 Å². The summed E-state index contributed by atoms with van der Waals surface area (Å²) >= 11 is 0. The van der Waals surface area contributed by atoms with Crippen LogP contribution >= 0.6 is 0 Å². The monoisotopic (exact) mass is 1140 g/mol. The summed E-state index contributed by atoms with van der Waals surface area (Å²) in [4.78, 5) is 14.4. The van der Waals surface area contributed by atoms with E-state index >= 15 is 0 Å². The number of benzene rings is 9. The average molecular weight is 1140 g/mol. The number of pyridine rings is 3. The molecule has 0 fully saturated rings. The van der Waals surface area contributed by atoms with E-state index < -0.39 is 0 Å². The summed E-state index contributed by atoms with van der Waals surface area (Å²) in [7, 11) is 0. The van der Waals surface area contributed by atoms with E-state index in [0.717, 1.165) is 104 Å². The van der Waals surface area contributed by atoms with Crippen LogP contribution in [-0.2, 0) is 45.8 Å². The molecule has 4 heteroatoms. The molecule has 0 atom stereocenters. The van der Waals surface area contributed by atoms with Crippen LogP contribution in [0.5, 0.6) is 0 Å². The quantitative estimate of drug-likeness (QED) is 0.102. The average Bonchev–Trinajstić information content (AvgIpc) is 3.49. The Morgan fingerprint density at radius 1 is 0.293 bits per heavy atom. The predicted octanol–water partition coefficient (Wildman–Crippen LogP) is 17.3. The molecule has 358 valence electrons. The first kappa shape index (κ1) is 48.6. The number of aryl methyl sites for hydroxylation is 4. The van der Waals surface area contributed by atoms with Gasteiger partial charge in [0.25, 0.3) is 0 Å². The Morgan fingerprint density at radius 3 is 1.40 bits per heavy atom. The second-order valence-corrected chi connectivity index (χ2v) is 18.8. The van der Waals surface area contributed by atoms with Gasteiger partial charge in [-0.1, -0.05) is 205 Å². The third-order valence-electron chi connectivity index (χ3n) is 14.0. The van der Waals surface area contributed by atoms with Crippen molar-refractivity contribution in [2.24, 2.45) is 0 Å². The summed E-state index contributed by atoms with van der Waals surface area (Å²) in [6.07, 6.45) is 7.22. The van der Waals surface area contributed by atoms with Gasteiger partial charge in [-0.25, -0.2) is 0 Å². The van der Waals surface area contributed by atoms with Gasteiger partial charge in [0.05, 0.1) is 5.52 Å². The molecular weight excluding hydrogens is 1090 g/mol. The first-order valence-electron chi connectivity index (χ1n) is 25.4. The topological polar surface area (TPSA) is 38.7 Å². The van der Waals surface area contributed by atoms with Gasteiger partial charge in [-0.15, -0.1) is 94.5 Å². The number of fused-ring (bicyclic) bond motifs is 1. The fourth-order valence-electron chi connectivity index (χ4n) is 10.1. The molecular formula is C71H50IrN3. The van der Waals surface area contributed by atoms with Crippen molar-refractivity contribution < 1.29 is 20.1 Å². The third-order valence-corrected chi connectivity index (χ3v) is 14.0. The zero-order valence-corrected chi connectivity index (χ0v) is 43.6. The maximum absolute atomic E-state index is 5.28. The minimum atomic E-state index is 0. The number of nitrogens with zero attached hydrogens (tertiary/aromatic N) is 3. The van der Waals surface area contributed by atoms with E-state index in [4.69, 9.17) is 4.98 Å². The van der Waals surface area contributed by atoms with Gasteiger partial charge in [0.1, 0.15) is 0 Å². The van der Waals surface area contributed by atoms with E-state index in [2.05, 4.69) is 234 Å². The van der Waals surface area contributed by atoms with Gasteiger partial charge in [0.2, 0.25) is 0 Å². The molecule has 0 unspecified atom stereocenters. The predicted molar refractivity (Wildman–Crippen MR) is 305 cm³/mol. The molecule has 12 rings (SSSR count). The van der Waals surface area contributed by atoms with E-state index in [0.29, 0.717) is 0 Å². The van der Waals surface area contributed by atoms with Crippen molar-refractivity contribution in [2.75, 3.05) is 0 Å². The van der Waals surface area contributed by atoms with Crippen LogP contribution in [0.15, 0.2) is 255 Å². The van der Waals surface area contributed by atoms with Crippen molar-refractivity contribution in [1.82, 2.24) is 15.0 Å². The van der Waals surface area contributed by atoms with E-state index in [1.165, 1.54) is 44.5 Å². The fraction of sp³-hybridized carbons (Fsp3) is 0.0563. The molecule has 0 radical (unpaired) electrons. The zero-order valence-electron chi connectivity index (χ0n) is 41.3. The van der Waals surface area contributed by atoms with Crippen LogP contribution in [0, 0.1) is 18.2 Å². The summed E-state index contributed by atoms with van der Waals surface area (Å²) in [5.74, 6) is 0. The van der Waals surface area contributed by atoms with Gasteiger partial charge >= 0.3 is 20.1 Å². The largest absolute Gasteiger partial charge is 3.00 e. The molecule has 3 aromatic heterocycles. The number of rotatable bonds is 14. The van der Waals surface area contributed by atoms with Gasteiger partial charge in [0, 0.05) is 17.8 Å². The summed E-state index contributed by atoms with van der Waals surface area (Å²) in [6.45, 7) is 0. The molecule has 0 aliphatic heterocycles. The molecule has 0 bridgehead atoms. The van der Waals surface area contributed by atoms with Crippen molar-refractivity contribution in [3.63, 3.8) is 0 Å². The van der Waals surface area contributed by atoms with Gasteiger partial charge in [-0.05, 0) is 98.2 Å². The van der Waals surface area contributed by atoms with Crippen LogP contribution < -0.4 is 0 Å². The first-order chi connectivity index (χ1) is 36.6. The molecule has 0 spiro atoms. The van der Waals surface area contributed by atoms with Crippen molar-refractivity contribution >= 4 is 10.9 Å². The van der Waals surface area contributed by atoms with Crippen molar-refractivity contribution in [3.05, 3.63) is 296 Å². The molecule has 9 aromatic carbocycles. The smallest absolute Gasteiger partial charge is 0.305 e. The van der Waals surface area contributed by atoms with Gasteiger partial charge in [0.15, 0.2) is 0 Å². The standard InChI is InChI=1S/C71H50N3.Ir/c1-3-15-54(16-4-1)55-37-39-57(40-38-55)66-48-60(71-49-67(56-17-5-2-6-18-56)65-21-9-10-24-70(65)74-71)41-42-64(66)63-20-8-7-19-62(63)61-46-52(27-25-50-29-33-58(34-30-50)68-22-11-13-43-72-68)45-53(47-61)28-26-51-31-35-59(36-32-51)69-23-12-14-44-73-69;/h1-24,29-33,35,37-40,42-49H,25-28H2;/q-3;+3. The minimum Gasteiger partial charge on any atom is -0.305 e. The van der Waals surface area contributed by atoms with Crippen LogP contribution in [0.2, 0.25) is 0 Å². The third kappa shape index (κ3) is 11.0. The minimum absolute atomic E-state index is 0. The molecule has 0 saturated heterocycles. The molecule has 0 N–H and O–H groups in total. The van der Waals surface area contributed by atoms with Crippen LogP contribution in [0.1, 0.15) is 22.3 Å². The Kier molecular flexibility index (Phi) is 14.7. The molecule has 75 heavy (non-hydrogen) atoms. The number of para-hydroxylation sites is 1. The Labute approximate surface area is 453 Å². The SMILES string of the molecule is [Ir+3].[c-]1cc(CCc2cc(CCc3c[c-]c(-c4ccccn4)cc3)cc(-c3ccccc3-c3c[c-]c(-c4cc(-c5ccccc5)c5ccccc5n4)cc3-c3ccc(-c4ccccc4)cc3)c2)ccc1-c1ccccn1. The Hall–Kier alpha value is -8.66. The molecule has 12 aromatic rings. The van der Waals surface area contributed by atoms with E-state index in [1.807, 2.05) is 48.8 Å². The van der Waals surface area contributed by atoms with Gasteiger partial charge < -0.3 is 9.97 Å².